The van der Waals surface area contributed by atoms with Gasteiger partial charge in [-0.05, 0) is 13.8 Å². The van der Waals surface area contributed by atoms with Crippen LogP contribution in [0.15, 0.2) is 6.20 Å². The summed E-state index contributed by atoms with van der Waals surface area (Å²) in [7, 11) is 0. The Morgan fingerprint density at radius 2 is 2.21 bits per heavy atom. The molecule has 6 nitrogen and oxygen atoms in total. The molecule has 14 heavy (non-hydrogen) atoms. The summed E-state index contributed by atoms with van der Waals surface area (Å²) >= 11 is 0. The lowest BCUT2D eigenvalue weighted by atomic mass is 10.4. The molecular formula is C8H15N5O. The molecule has 6 heteroatoms. The quantitative estimate of drug-likeness (QED) is 0.720. The molecule has 0 aliphatic carbocycles. The van der Waals surface area contributed by atoms with Gasteiger partial charge in [-0.3, -0.25) is 4.79 Å². The largest absolute Gasteiger partial charge is 0.381 e. The SMILES string of the molecule is CCN(CC)C(=O)Cn1ncc(N)n1. The van der Waals surface area contributed by atoms with Crippen molar-refractivity contribution < 1.29 is 4.79 Å². The number of nitrogen functional groups attached to an aromatic ring is 1. The third-order valence-corrected chi connectivity index (χ3v) is 1.95. The molecule has 2 N–H and O–H groups in total. The van der Waals surface area contributed by atoms with E-state index >= 15 is 0 Å². The van der Waals surface area contributed by atoms with Gasteiger partial charge in [0.15, 0.2) is 5.82 Å². The highest BCUT2D eigenvalue weighted by atomic mass is 16.2. The van der Waals surface area contributed by atoms with Crippen LogP contribution in [-0.2, 0) is 11.3 Å². The van der Waals surface area contributed by atoms with Crippen LogP contribution in [0.3, 0.4) is 0 Å². The van der Waals surface area contributed by atoms with E-state index in [9.17, 15) is 4.79 Å². The number of hydrogen-bond donors (Lipinski definition) is 1. The van der Waals surface area contributed by atoms with Crippen molar-refractivity contribution in [3.05, 3.63) is 6.20 Å². The van der Waals surface area contributed by atoms with Crippen LogP contribution in [0.1, 0.15) is 13.8 Å². The fraction of sp³-hybridized carbons (Fsp3) is 0.625. The molecule has 0 saturated heterocycles. The number of amides is 1. The fourth-order valence-corrected chi connectivity index (χ4v) is 1.18. The lowest BCUT2D eigenvalue weighted by Gasteiger charge is -2.17. The molecule has 0 radical (unpaired) electrons. The van der Waals surface area contributed by atoms with Crippen LogP contribution < -0.4 is 5.73 Å². The van der Waals surface area contributed by atoms with Gasteiger partial charge in [-0.15, -0.1) is 5.10 Å². The summed E-state index contributed by atoms with van der Waals surface area (Å²) in [5.41, 5.74) is 5.38. The van der Waals surface area contributed by atoms with Crippen molar-refractivity contribution in [1.29, 1.82) is 0 Å². The Kier molecular flexibility index (Phi) is 3.44. The molecule has 78 valence electrons. The highest BCUT2D eigenvalue weighted by molar-refractivity contribution is 5.75. The molecule has 0 atom stereocenters. The second-order valence-electron chi connectivity index (χ2n) is 2.87. The van der Waals surface area contributed by atoms with Crippen molar-refractivity contribution in [2.45, 2.75) is 20.4 Å². The van der Waals surface area contributed by atoms with Crippen LogP contribution in [0, 0.1) is 0 Å². The van der Waals surface area contributed by atoms with Gasteiger partial charge in [-0.1, -0.05) is 0 Å². The Morgan fingerprint density at radius 3 is 2.64 bits per heavy atom. The van der Waals surface area contributed by atoms with Crippen LogP contribution in [0.4, 0.5) is 5.82 Å². The number of anilines is 1. The molecule has 0 aliphatic heterocycles. The minimum absolute atomic E-state index is 0.00519. The zero-order valence-electron chi connectivity index (χ0n) is 8.47. The van der Waals surface area contributed by atoms with Gasteiger partial charge < -0.3 is 10.6 Å². The van der Waals surface area contributed by atoms with Gasteiger partial charge in [0.05, 0.1) is 6.20 Å². The van der Waals surface area contributed by atoms with Gasteiger partial charge in [0.25, 0.3) is 0 Å². The van der Waals surface area contributed by atoms with E-state index < -0.39 is 0 Å². The summed E-state index contributed by atoms with van der Waals surface area (Å²) in [5, 5.41) is 7.68. The number of carbonyl (C=O) groups is 1. The molecule has 1 amide bonds. The molecule has 0 saturated carbocycles. The van der Waals surface area contributed by atoms with E-state index in [0.29, 0.717) is 18.9 Å². The number of aromatic nitrogens is 3. The van der Waals surface area contributed by atoms with Gasteiger partial charge in [-0.25, -0.2) is 0 Å². The predicted octanol–water partition coefficient (Wildman–Crippen LogP) is -0.271. The average Bonchev–Trinajstić information content (AvgIpc) is 2.53. The van der Waals surface area contributed by atoms with Crippen LogP contribution >= 0.6 is 0 Å². The summed E-state index contributed by atoms with van der Waals surface area (Å²) in [6.45, 7) is 5.43. The number of nitrogens with two attached hydrogens (primary N) is 1. The Balaban J connectivity index is 2.56. The van der Waals surface area contributed by atoms with Gasteiger partial charge in [0.1, 0.15) is 6.54 Å². The number of likely N-dealkylation sites (N-methyl/N-ethyl adjacent to an activating group) is 1. The zero-order valence-corrected chi connectivity index (χ0v) is 8.47. The summed E-state index contributed by atoms with van der Waals surface area (Å²) in [6.07, 6.45) is 1.43. The minimum atomic E-state index is 0.00519. The highest BCUT2D eigenvalue weighted by Gasteiger charge is 2.10. The molecule has 1 aromatic rings. The van der Waals surface area contributed by atoms with Crippen molar-refractivity contribution in [3.8, 4) is 0 Å². The summed E-state index contributed by atoms with van der Waals surface area (Å²) < 4.78 is 0. The summed E-state index contributed by atoms with van der Waals surface area (Å²) in [4.78, 5) is 14.6. The van der Waals surface area contributed by atoms with Crippen LogP contribution in [0.25, 0.3) is 0 Å². The molecule has 0 unspecified atom stereocenters. The van der Waals surface area contributed by atoms with E-state index in [1.54, 1.807) is 4.90 Å². The number of nitrogens with zero attached hydrogens (tertiary/aromatic N) is 4. The molecule has 0 spiro atoms. The average molecular weight is 197 g/mol. The molecule has 1 aromatic heterocycles. The Hall–Kier alpha value is -1.59. The topological polar surface area (TPSA) is 77.0 Å². The highest BCUT2D eigenvalue weighted by Crippen LogP contribution is 1.94. The normalized spacial score (nSPS) is 10.1. The third-order valence-electron chi connectivity index (χ3n) is 1.95. The smallest absolute Gasteiger partial charge is 0.246 e. The lowest BCUT2D eigenvalue weighted by molar-refractivity contribution is -0.131. The van der Waals surface area contributed by atoms with Gasteiger partial charge in [0, 0.05) is 13.1 Å². The molecule has 0 aliphatic rings. The van der Waals surface area contributed by atoms with Gasteiger partial charge in [0.2, 0.25) is 5.91 Å². The second-order valence-corrected chi connectivity index (χ2v) is 2.87. The molecular weight excluding hydrogens is 182 g/mol. The Labute approximate surface area is 82.7 Å². The van der Waals surface area contributed by atoms with E-state index in [4.69, 9.17) is 5.73 Å². The first-order valence-electron chi connectivity index (χ1n) is 4.60. The first-order chi connectivity index (χ1) is 6.67. The Bertz CT molecular complexity index is 304. The lowest BCUT2D eigenvalue weighted by Crippen LogP contribution is -2.34. The number of hydrogen-bond acceptors (Lipinski definition) is 4. The monoisotopic (exact) mass is 197 g/mol. The molecule has 1 heterocycles. The molecule has 1 rings (SSSR count). The van der Waals surface area contributed by atoms with Crippen molar-refractivity contribution in [3.63, 3.8) is 0 Å². The zero-order chi connectivity index (χ0) is 10.6. The third kappa shape index (κ3) is 2.45. The van der Waals surface area contributed by atoms with Crippen LogP contribution in [0.2, 0.25) is 0 Å². The van der Waals surface area contributed by atoms with E-state index in [1.165, 1.54) is 11.0 Å². The van der Waals surface area contributed by atoms with E-state index in [1.807, 2.05) is 13.8 Å². The molecule has 0 bridgehead atoms. The second kappa shape index (κ2) is 4.59. The maximum atomic E-state index is 11.6. The number of rotatable bonds is 4. The van der Waals surface area contributed by atoms with Crippen LogP contribution in [-0.4, -0.2) is 38.9 Å². The van der Waals surface area contributed by atoms with E-state index in [0.717, 1.165) is 0 Å². The Morgan fingerprint density at radius 1 is 1.57 bits per heavy atom. The van der Waals surface area contributed by atoms with Crippen molar-refractivity contribution in [2.24, 2.45) is 0 Å². The summed E-state index contributed by atoms with van der Waals surface area (Å²) in [6, 6.07) is 0. The molecule has 0 fully saturated rings. The van der Waals surface area contributed by atoms with Crippen molar-refractivity contribution >= 4 is 11.7 Å². The van der Waals surface area contributed by atoms with Crippen molar-refractivity contribution in [1.82, 2.24) is 19.9 Å². The molecule has 0 aromatic carbocycles. The first-order valence-corrected chi connectivity index (χ1v) is 4.60. The van der Waals surface area contributed by atoms with E-state index in [-0.39, 0.29) is 12.5 Å². The first kappa shape index (κ1) is 10.5. The van der Waals surface area contributed by atoms with Crippen LogP contribution in [0.5, 0.6) is 0 Å². The summed E-state index contributed by atoms with van der Waals surface area (Å²) in [5.74, 6) is 0.336. The fourth-order valence-electron chi connectivity index (χ4n) is 1.18. The van der Waals surface area contributed by atoms with Gasteiger partial charge in [-0.2, -0.15) is 9.90 Å². The predicted molar refractivity (Wildman–Crippen MR) is 52.4 cm³/mol. The van der Waals surface area contributed by atoms with Gasteiger partial charge >= 0.3 is 0 Å². The van der Waals surface area contributed by atoms with E-state index in [2.05, 4.69) is 10.2 Å². The number of carbonyl (C=O) groups excluding carboxylic acids is 1. The standard InChI is InChI=1S/C8H15N5O/c1-3-12(4-2)8(14)6-13-10-5-7(9)11-13/h5H,3-4,6H2,1-2H3,(H2,9,11). The minimum Gasteiger partial charge on any atom is -0.381 e. The maximum Gasteiger partial charge on any atom is 0.246 e. The maximum absolute atomic E-state index is 11.6. The van der Waals surface area contributed by atoms with Crippen molar-refractivity contribution in [2.75, 3.05) is 18.8 Å².